The van der Waals surface area contributed by atoms with E-state index in [-0.39, 0.29) is 11.9 Å². The van der Waals surface area contributed by atoms with Crippen LogP contribution in [0.4, 0.5) is 4.39 Å². The molecule has 18 heavy (non-hydrogen) atoms. The molecule has 0 aliphatic heterocycles. The fourth-order valence-electron chi connectivity index (χ4n) is 1.78. The lowest BCUT2D eigenvalue weighted by Gasteiger charge is -2.16. The van der Waals surface area contributed by atoms with Crippen molar-refractivity contribution < 1.29 is 4.39 Å². The fourth-order valence-corrected chi connectivity index (χ4v) is 2.25. The molecule has 0 aliphatic rings. The highest BCUT2D eigenvalue weighted by molar-refractivity contribution is 6.99. The van der Waals surface area contributed by atoms with Crippen molar-refractivity contribution in [3.8, 4) is 0 Å². The van der Waals surface area contributed by atoms with Gasteiger partial charge in [-0.05, 0) is 37.1 Å². The zero-order valence-electron chi connectivity index (χ0n) is 10.3. The van der Waals surface area contributed by atoms with E-state index >= 15 is 0 Å². The lowest BCUT2D eigenvalue weighted by Crippen LogP contribution is -2.24. The van der Waals surface area contributed by atoms with Crippen molar-refractivity contribution in [2.24, 2.45) is 0 Å². The van der Waals surface area contributed by atoms with Gasteiger partial charge in [0.2, 0.25) is 0 Å². The molecule has 0 bridgehead atoms. The van der Waals surface area contributed by atoms with Crippen LogP contribution in [0.1, 0.15) is 30.6 Å². The minimum atomic E-state index is -0.202. The molecule has 1 N–H and O–H groups in total. The molecule has 96 valence electrons. The minimum Gasteiger partial charge on any atom is -0.308 e. The van der Waals surface area contributed by atoms with Crippen molar-refractivity contribution in [3.63, 3.8) is 0 Å². The molecule has 0 radical (unpaired) electrons. The van der Waals surface area contributed by atoms with Crippen LogP contribution < -0.4 is 5.32 Å². The number of aromatic nitrogens is 2. The molecule has 1 atom stereocenters. The van der Waals surface area contributed by atoms with E-state index in [1.807, 2.05) is 12.1 Å². The molecular weight excluding hydrogens is 249 g/mol. The Labute approximate surface area is 110 Å². The Morgan fingerprint density at radius 3 is 2.72 bits per heavy atom. The van der Waals surface area contributed by atoms with E-state index in [2.05, 4.69) is 21.0 Å². The van der Waals surface area contributed by atoms with Gasteiger partial charge in [-0.3, -0.25) is 0 Å². The number of hydrogen-bond acceptors (Lipinski definition) is 4. The lowest BCUT2D eigenvalue weighted by atomic mass is 10.0. The Balaban J connectivity index is 2.07. The highest BCUT2D eigenvalue weighted by Crippen LogP contribution is 2.17. The van der Waals surface area contributed by atoms with Crippen molar-refractivity contribution in [1.29, 1.82) is 0 Å². The number of halogens is 1. The van der Waals surface area contributed by atoms with Gasteiger partial charge in [0, 0.05) is 0 Å². The average Bonchev–Trinajstić information content (AvgIpc) is 2.90. The van der Waals surface area contributed by atoms with Crippen molar-refractivity contribution in [1.82, 2.24) is 14.1 Å². The van der Waals surface area contributed by atoms with Crippen LogP contribution in [0.2, 0.25) is 0 Å². The van der Waals surface area contributed by atoms with Gasteiger partial charge in [0.25, 0.3) is 0 Å². The molecule has 1 aromatic heterocycles. The second kappa shape index (κ2) is 6.56. The average molecular weight is 265 g/mol. The van der Waals surface area contributed by atoms with Crippen LogP contribution in [0.25, 0.3) is 0 Å². The number of hydrogen-bond donors (Lipinski definition) is 1. The van der Waals surface area contributed by atoms with E-state index in [0.717, 1.165) is 30.6 Å². The first-order valence-electron chi connectivity index (χ1n) is 6.05. The molecule has 0 amide bonds. The molecular formula is C13H16FN3S. The van der Waals surface area contributed by atoms with Crippen molar-refractivity contribution >= 4 is 11.7 Å². The summed E-state index contributed by atoms with van der Waals surface area (Å²) < 4.78 is 21.2. The highest BCUT2D eigenvalue weighted by atomic mass is 32.1. The van der Waals surface area contributed by atoms with Gasteiger partial charge in [0.05, 0.1) is 29.7 Å². The topological polar surface area (TPSA) is 37.8 Å². The maximum Gasteiger partial charge on any atom is 0.123 e. The van der Waals surface area contributed by atoms with Gasteiger partial charge in [-0.25, -0.2) is 4.39 Å². The Kier molecular flexibility index (Phi) is 4.78. The second-order valence-corrected chi connectivity index (χ2v) is 4.73. The molecule has 1 unspecified atom stereocenters. The maximum atomic E-state index is 12.9. The summed E-state index contributed by atoms with van der Waals surface area (Å²) in [5, 5.41) is 3.45. The number of nitrogens with zero attached hydrogens (tertiary/aromatic N) is 2. The summed E-state index contributed by atoms with van der Waals surface area (Å²) in [5.41, 5.74) is 2.05. The first-order valence-corrected chi connectivity index (χ1v) is 6.78. The van der Waals surface area contributed by atoms with Crippen molar-refractivity contribution in [2.75, 3.05) is 6.54 Å². The first kappa shape index (κ1) is 13.1. The van der Waals surface area contributed by atoms with Gasteiger partial charge in [0.1, 0.15) is 5.82 Å². The first-order chi connectivity index (χ1) is 8.79. The Hall–Kier alpha value is -1.33. The second-order valence-electron chi connectivity index (χ2n) is 4.17. The van der Waals surface area contributed by atoms with Gasteiger partial charge < -0.3 is 5.32 Å². The molecule has 2 aromatic rings. The van der Waals surface area contributed by atoms with Crippen LogP contribution in [-0.2, 0) is 6.42 Å². The highest BCUT2D eigenvalue weighted by Gasteiger charge is 2.14. The molecule has 0 spiro atoms. The molecule has 2 rings (SSSR count). The van der Waals surface area contributed by atoms with Gasteiger partial charge in [-0.2, -0.15) is 8.75 Å². The van der Waals surface area contributed by atoms with Crippen molar-refractivity contribution in [3.05, 3.63) is 47.5 Å². The Morgan fingerprint density at radius 2 is 2.11 bits per heavy atom. The predicted octanol–water partition coefficient (Wildman–Crippen LogP) is 2.96. The molecule has 1 heterocycles. The van der Waals surface area contributed by atoms with E-state index < -0.39 is 0 Å². The summed E-state index contributed by atoms with van der Waals surface area (Å²) in [5.74, 6) is -0.202. The van der Waals surface area contributed by atoms with E-state index in [9.17, 15) is 4.39 Å². The lowest BCUT2D eigenvalue weighted by molar-refractivity contribution is 0.520. The van der Waals surface area contributed by atoms with E-state index in [4.69, 9.17) is 0 Å². The SMILES string of the molecule is CCCNC(Cc1ccc(F)cc1)c1cnsn1. The van der Waals surface area contributed by atoms with Crippen LogP contribution in [0.5, 0.6) is 0 Å². The van der Waals surface area contributed by atoms with Gasteiger partial charge in [-0.1, -0.05) is 19.1 Å². The summed E-state index contributed by atoms with van der Waals surface area (Å²) in [4.78, 5) is 0. The van der Waals surface area contributed by atoms with Gasteiger partial charge in [-0.15, -0.1) is 0 Å². The minimum absolute atomic E-state index is 0.147. The smallest absolute Gasteiger partial charge is 0.123 e. The maximum absolute atomic E-state index is 12.9. The van der Waals surface area contributed by atoms with Crippen LogP contribution >= 0.6 is 11.7 Å². The molecule has 1 aromatic carbocycles. The molecule has 0 saturated heterocycles. The molecule has 0 saturated carbocycles. The third-order valence-electron chi connectivity index (χ3n) is 2.73. The Morgan fingerprint density at radius 1 is 1.33 bits per heavy atom. The van der Waals surface area contributed by atoms with Crippen LogP contribution in [-0.4, -0.2) is 15.3 Å². The Bertz CT molecular complexity index is 456. The summed E-state index contributed by atoms with van der Waals surface area (Å²) >= 11 is 1.21. The van der Waals surface area contributed by atoms with Gasteiger partial charge >= 0.3 is 0 Å². The predicted molar refractivity (Wildman–Crippen MR) is 71.0 cm³/mol. The number of nitrogens with one attached hydrogen (secondary N) is 1. The van der Waals surface area contributed by atoms with Crippen LogP contribution in [0.3, 0.4) is 0 Å². The number of benzene rings is 1. The van der Waals surface area contributed by atoms with Crippen LogP contribution in [0, 0.1) is 5.82 Å². The number of rotatable bonds is 6. The normalized spacial score (nSPS) is 12.6. The quantitative estimate of drug-likeness (QED) is 0.872. The van der Waals surface area contributed by atoms with Crippen molar-refractivity contribution in [2.45, 2.75) is 25.8 Å². The zero-order chi connectivity index (χ0) is 12.8. The molecule has 3 nitrogen and oxygen atoms in total. The molecule has 0 fully saturated rings. The summed E-state index contributed by atoms with van der Waals surface area (Å²) in [6.07, 6.45) is 3.66. The van der Waals surface area contributed by atoms with E-state index in [0.29, 0.717) is 0 Å². The molecule has 5 heteroatoms. The zero-order valence-corrected chi connectivity index (χ0v) is 11.1. The monoisotopic (exact) mass is 265 g/mol. The third kappa shape index (κ3) is 3.58. The fraction of sp³-hybridized carbons (Fsp3) is 0.385. The largest absolute Gasteiger partial charge is 0.308 e. The molecule has 0 aliphatic carbocycles. The van der Waals surface area contributed by atoms with Gasteiger partial charge in [0.15, 0.2) is 0 Å². The van der Waals surface area contributed by atoms with E-state index in [1.54, 1.807) is 6.20 Å². The third-order valence-corrected chi connectivity index (χ3v) is 3.22. The summed E-state index contributed by atoms with van der Waals surface area (Å²) in [7, 11) is 0. The summed E-state index contributed by atoms with van der Waals surface area (Å²) in [6, 6.07) is 6.76. The summed E-state index contributed by atoms with van der Waals surface area (Å²) in [6.45, 7) is 3.06. The standard InChI is InChI=1S/C13H16FN3S/c1-2-7-15-12(13-9-16-18-17-13)8-10-3-5-11(14)6-4-10/h3-6,9,12,15H,2,7-8H2,1H3. The van der Waals surface area contributed by atoms with Crippen LogP contribution in [0.15, 0.2) is 30.5 Å². The van der Waals surface area contributed by atoms with E-state index in [1.165, 1.54) is 23.9 Å².